The van der Waals surface area contributed by atoms with Crippen molar-refractivity contribution < 1.29 is 0 Å². The molecule has 116 valence electrons. The third kappa shape index (κ3) is 3.87. The number of rotatable bonds is 4. The van der Waals surface area contributed by atoms with Crippen LogP contribution < -0.4 is 10.6 Å². The molecule has 2 fully saturated rings. The van der Waals surface area contributed by atoms with Crippen LogP contribution in [0.4, 0.5) is 0 Å². The lowest BCUT2D eigenvalue weighted by Gasteiger charge is -2.39. The van der Waals surface area contributed by atoms with E-state index in [9.17, 15) is 0 Å². The molecule has 0 radical (unpaired) electrons. The van der Waals surface area contributed by atoms with Gasteiger partial charge in [0.05, 0.1) is 0 Å². The number of hydrogen-bond donors (Lipinski definition) is 2. The highest BCUT2D eigenvalue weighted by Gasteiger charge is 2.34. The molecule has 0 unspecified atom stereocenters. The van der Waals surface area contributed by atoms with Gasteiger partial charge >= 0.3 is 0 Å². The molecule has 0 bridgehead atoms. The Hall–Kier alpha value is -0.860. The Bertz CT molecular complexity index is 401. The molecule has 1 aliphatic heterocycles. The van der Waals surface area contributed by atoms with E-state index in [1.54, 1.807) is 0 Å². The summed E-state index contributed by atoms with van der Waals surface area (Å²) in [6.07, 6.45) is 11.0. The second-order valence-electron chi connectivity index (χ2n) is 6.97. The van der Waals surface area contributed by atoms with Crippen molar-refractivity contribution in [2.24, 2.45) is 0 Å². The standard InChI is InChI=1S/C19H30N2/c1-2-7-11-18(10-6-1)21-16-19(12-14-20-15-13-19)17-8-4-3-5-9-17/h3-5,8-9,18,20-21H,1-2,6-7,10-16H2. The van der Waals surface area contributed by atoms with Gasteiger partial charge in [0.1, 0.15) is 0 Å². The number of nitrogens with one attached hydrogen (secondary N) is 2. The van der Waals surface area contributed by atoms with E-state index in [1.165, 1.54) is 56.9 Å². The zero-order valence-electron chi connectivity index (χ0n) is 13.2. The smallest absolute Gasteiger partial charge is 0.0102 e. The molecule has 1 aromatic rings. The molecule has 21 heavy (non-hydrogen) atoms. The fraction of sp³-hybridized carbons (Fsp3) is 0.684. The van der Waals surface area contributed by atoms with Gasteiger partial charge in [0.15, 0.2) is 0 Å². The molecule has 1 saturated heterocycles. The molecular formula is C19H30N2. The van der Waals surface area contributed by atoms with E-state index < -0.39 is 0 Å². The molecule has 0 amide bonds. The summed E-state index contributed by atoms with van der Waals surface area (Å²) in [5.41, 5.74) is 1.88. The lowest BCUT2D eigenvalue weighted by atomic mass is 9.73. The van der Waals surface area contributed by atoms with Crippen molar-refractivity contribution in [2.45, 2.75) is 62.8 Å². The molecule has 3 rings (SSSR count). The van der Waals surface area contributed by atoms with Crippen molar-refractivity contribution in [3.63, 3.8) is 0 Å². The second-order valence-corrected chi connectivity index (χ2v) is 6.97. The van der Waals surface area contributed by atoms with Crippen LogP contribution in [0.15, 0.2) is 30.3 Å². The summed E-state index contributed by atoms with van der Waals surface area (Å²) in [6.45, 7) is 3.46. The average Bonchev–Trinajstić information content (AvgIpc) is 2.83. The van der Waals surface area contributed by atoms with Crippen LogP contribution in [0.25, 0.3) is 0 Å². The molecule has 0 spiro atoms. The zero-order chi connectivity index (χ0) is 14.4. The maximum Gasteiger partial charge on any atom is 0.0102 e. The fourth-order valence-corrected chi connectivity index (χ4v) is 4.09. The van der Waals surface area contributed by atoms with Crippen LogP contribution in [0.2, 0.25) is 0 Å². The van der Waals surface area contributed by atoms with Crippen LogP contribution in [0, 0.1) is 0 Å². The normalized spacial score (nSPS) is 23.6. The SMILES string of the molecule is c1ccc(C2(CNC3CCCCCC3)CCNCC2)cc1. The van der Waals surface area contributed by atoms with Crippen LogP contribution in [0.3, 0.4) is 0 Å². The molecule has 1 aliphatic carbocycles. The van der Waals surface area contributed by atoms with Crippen molar-refractivity contribution in [1.29, 1.82) is 0 Å². The highest BCUT2D eigenvalue weighted by molar-refractivity contribution is 5.27. The van der Waals surface area contributed by atoms with Gasteiger partial charge in [-0.3, -0.25) is 0 Å². The van der Waals surface area contributed by atoms with E-state index in [1.807, 2.05) is 0 Å². The summed E-state index contributed by atoms with van der Waals surface area (Å²) >= 11 is 0. The topological polar surface area (TPSA) is 24.1 Å². The predicted molar refractivity (Wildman–Crippen MR) is 89.7 cm³/mol. The molecule has 1 aromatic carbocycles. The van der Waals surface area contributed by atoms with Crippen molar-refractivity contribution >= 4 is 0 Å². The molecule has 2 aliphatic rings. The Labute approximate surface area is 129 Å². The van der Waals surface area contributed by atoms with Gasteiger partial charge in [-0.05, 0) is 44.3 Å². The Morgan fingerprint density at radius 3 is 2.29 bits per heavy atom. The lowest BCUT2D eigenvalue weighted by Crippen LogP contribution is -2.48. The highest BCUT2D eigenvalue weighted by Crippen LogP contribution is 2.33. The monoisotopic (exact) mass is 286 g/mol. The number of piperidine rings is 1. The first kappa shape index (κ1) is 15.1. The van der Waals surface area contributed by atoms with Gasteiger partial charge in [-0.1, -0.05) is 56.0 Å². The molecule has 2 N–H and O–H groups in total. The summed E-state index contributed by atoms with van der Waals surface area (Å²) in [6, 6.07) is 12.0. The van der Waals surface area contributed by atoms with Crippen LogP contribution in [0.5, 0.6) is 0 Å². The van der Waals surface area contributed by atoms with E-state index in [2.05, 4.69) is 41.0 Å². The van der Waals surface area contributed by atoms with E-state index >= 15 is 0 Å². The van der Waals surface area contributed by atoms with Gasteiger partial charge in [0, 0.05) is 18.0 Å². The summed E-state index contributed by atoms with van der Waals surface area (Å²) in [7, 11) is 0. The number of hydrogen-bond acceptors (Lipinski definition) is 2. The van der Waals surface area contributed by atoms with Gasteiger partial charge in [-0.25, -0.2) is 0 Å². The Kier molecular flexibility index (Phi) is 5.32. The van der Waals surface area contributed by atoms with Gasteiger partial charge in [-0.2, -0.15) is 0 Å². The Morgan fingerprint density at radius 2 is 1.62 bits per heavy atom. The largest absolute Gasteiger partial charge is 0.317 e. The molecule has 1 heterocycles. The van der Waals surface area contributed by atoms with Crippen LogP contribution in [0.1, 0.15) is 56.9 Å². The molecule has 2 heteroatoms. The molecule has 0 aromatic heterocycles. The van der Waals surface area contributed by atoms with Crippen molar-refractivity contribution in [3.8, 4) is 0 Å². The highest BCUT2D eigenvalue weighted by atomic mass is 14.9. The third-order valence-electron chi connectivity index (χ3n) is 5.53. The van der Waals surface area contributed by atoms with E-state index in [-0.39, 0.29) is 0 Å². The van der Waals surface area contributed by atoms with Gasteiger partial charge in [-0.15, -0.1) is 0 Å². The minimum atomic E-state index is 0.346. The summed E-state index contributed by atoms with van der Waals surface area (Å²) in [4.78, 5) is 0. The zero-order valence-corrected chi connectivity index (χ0v) is 13.2. The molecular weight excluding hydrogens is 256 g/mol. The first-order valence-corrected chi connectivity index (χ1v) is 8.89. The summed E-state index contributed by atoms with van der Waals surface area (Å²) in [5.74, 6) is 0. The predicted octanol–water partition coefficient (Wildman–Crippen LogP) is 3.62. The van der Waals surface area contributed by atoms with Crippen LogP contribution in [-0.2, 0) is 5.41 Å². The van der Waals surface area contributed by atoms with Gasteiger partial charge < -0.3 is 10.6 Å². The quantitative estimate of drug-likeness (QED) is 0.826. The molecule has 0 atom stereocenters. The van der Waals surface area contributed by atoms with Crippen molar-refractivity contribution in [3.05, 3.63) is 35.9 Å². The average molecular weight is 286 g/mol. The minimum absolute atomic E-state index is 0.346. The van der Waals surface area contributed by atoms with Gasteiger partial charge in [0.2, 0.25) is 0 Å². The van der Waals surface area contributed by atoms with Crippen LogP contribution in [-0.4, -0.2) is 25.7 Å². The first-order chi connectivity index (χ1) is 10.4. The maximum atomic E-state index is 3.94. The van der Waals surface area contributed by atoms with Crippen LogP contribution >= 0.6 is 0 Å². The third-order valence-corrected chi connectivity index (χ3v) is 5.53. The van der Waals surface area contributed by atoms with E-state index in [0.29, 0.717) is 5.41 Å². The summed E-state index contributed by atoms with van der Waals surface area (Å²) in [5, 5.41) is 7.47. The second kappa shape index (κ2) is 7.42. The Morgan fingerprint density at radius 1 is 0.952 bits per heavy atom. The van der Waals surface area contributed by atoms with Gasteiger partial charge in [0.25, 0.3) is 0 Å². The first-order valence-electron chi connectivity index (χ1n) is 8.89. The maximum absolute atomic E-state index is 3.94. The number of benzene rings is 1. The van der Waals surface area contributed by atoms with E-state index in [4.69, 9.17) is 0 Å². The lowest BCUT2D eigenvalue weighted by molar-refractivity contribution is 0.276. The Balaban J connectivity index is 1.67. The fourth-order valence-electron chi connectivity index (χ4n) is 4.09. The van der Waals surface area contributed by atoms with Crippen molar-refractivity contribution in [2.75, 3.05) is 19.6 Å². The molecule has 2 nitrogen and oxygen atoms in total. The minimum Gasteiger partial charge on any atom is -0.317 e. The molecule has 1 saturated carbocycles. The van der Waals surface area contributed by atoms with Crippen molar-refractivity contribution in [1.82, 2.24) is 10.6 Å². The van der Waals surface area contributed by atoms with E-state index in [0.717, 1.165) is 25.7 Å². The summed E-state index contributed by atoms with van der Waals surface area (Å²) < 4.78 is 0.